The molecule has 0 saturated carbocycles. The van der Waals surface area contributed by atoms with Gasteiger partial charge in [0.1, 0.15) is 6.54 Å². The summed E-state index contributed by atoms with van der Waals surface area (Å²) in [6, 6.07) is 16.1. The van der Waals surface area contributed by atoms with Crippen molar-refractivity contribution in [2.45, 2.75) is 6.92 Å². The number of amides is 2. The zero-order valence-electron chi connectivity index (χ0n) is 13.4. The third-order valence-electron chi connectivity index (χ3n) is 4.11. The number of benzene rings is 2. The largest absolute Gasteiger partial charge is 0.328 e. The van der Waals surface area contributed by atoms with Crippen LogP contribution in [0.2, 0.25) is 0 Å². The van der Waals surface area contributed by atoms with Crippen LogP contribution in [0.4, 0.5) is 5.69 Å². The number of anilines is 1. The summed E-state index contributed by atoms with van der Waals surface area (Å²) >= 11 is 0. The van der Waals surface area contributed by atoms with Crippen molar-refractivity contribution in [3.05, 3.63) is 65.7 Å². The Balaban J connectivity index is 1.78. The number of nitrogens with zero attached hydrogens (tertiary/aromatic N) is 2. The van der Waals surface area contributed by atoms with Gasteiger partial charge < -0.3 is 9.80 Å². The van der Waals surface area contributed by atoms with E-state index in [1.165, 1.54) is 11.8 Å². The normalized spacial score (nSPS) is 14.6. The third kappa shape index (κ3) is 3.06. The smallest absolute Gasteiger partial charge is 0.255 e. The lowest BCUT2D eigenvalue weighted by Gasteiger charge is -2.34. The number of piperazine rings is 1. The number of carbonyl (C=O) groups is 3. The summed E-state index contributed by atoms with van der Waals surface area (Å²) in [5.41, 5.74) is 1.57. The molecule has 0 spiro atoms. The molecule has 2 aromatic carbocycles. The number of carbonyl (C=O) groups excluding carboxylic acids is 3. The Morgan fingerprint density at radius 2 is 1.50 bits per heavy atom. The number of para-hydroxylation sites is 1. The van der Waals surface area contributed by atoms with Crippen LogP contribution in [0.15, 0.2) is 54.6 Å². The molecule has 122 valence electrons. The van der Waals surface area contributed by atoms with E-state index in [4.69, 9.17) is 0 Å². The van der Waals surface area contributed by atoms with E-state index in [1.54, 1.807) is 29.2 Å². The number of rotatable bonds is 3. The maximum absolute atomic E-state index is 12.7. The van der Waals surface area contributed by atoms with Crippen molar-refractivity contribution in [1.82, 2.24) is 4.90 Å². The minimum Gasteiger partial charge on any atom is -0.328 e. The molecule has 0 aromatic heterocycles. The van der Waals surface area contributed by atoms with Crippen molar-refractivity contribution >= 4 is 23.3 Å². The van der Waals surface area contributed by atoms with Gasteiger partial charge in [-0.1, -0.05) is 36.4 Å². The topological polar surface area (TPSA) is 57.7 Å². The van der Waals surface area contributed by atoms with E-state index >= 15 is 0 Å². The first-order valence-electron chi connectivity index (χ1n) is 7.82. The molecule has 3 rings (SSSR count). The summed E-state index contributed by atoms with van der Waals surface area (Å²) in [7, 11) is 0. The lowest BCUT2D eigenvalue weighted by Crippen LogP contribution is -2.52. The van der Waals surface area contributed by atoms with Gasteiger partial charge in [0.25, 0.3) is 5.91 Å². The fourth-order valence-corrected chi connectivity index (χ4v) is 2.87. The van der Waals surface area contributed by atoms with Crippen molar-refractivity contribution in [2.24, 2.45) is 0 Å². The van der Waals surface area contributed by atoms with Gasteiger partial charge in [-0.15, -0.1) is 0 Å². The van der Waals surface area contributed by atoms with E-state index in [2.05, 4.69) is 0 Å². The summed E-state index contributed by atoms with van der Waals surface area (Å²) in [6.07, 6.45) is 0. The highest BCUT2D eigenvalue weighted by Gasteiger charge is 2.29. The first-order chi connectivity index (χ1) is 11.6. The Labute approximate surface area is 140 Å². The van der Waals surface area contributed by atoms with E-state index in [9.17, 15) is 14.4 Å². The molecule has 5 heteroatoms. The molecule has 2 amide bonds. The first-order valence-corrected chi connectivity index (χ1v) is 7.82. The Morgan fingerprint density at radius 3 is 2.12 bits per heavy atom. The fourth-order valence-electron chi connectivity index (χ4n) is 2.87. The van der Waals surface area contributed by atoms with Crippen LogP contribution in [0.1, 0.15) is 27.6 Å². The quantitative estimate of drug-likeness (QED) is 0.815. The predicted molar refractivity (Wildman–Crippen MR) is 91.1 cm³/mol. The summed E-state index contributed by atoms with van der Waals surface area (Å²) in [5, 5.41) is 0. The van der Waals surface area contributed by atoms with Crippen molar-refractivity contribution < 1.29 is 14.4 Å². The second-order valence-corrected chi connectivity index (χ2v) is 5.71. The molecule has 0 N–H and O–H groups in total. The van der Waals surface area contributed by atoms with Gasteiger partial charge >= 0.3 is 0 Å². The molecule has 0 bridgehead atoms. The molecule has 1 aliphatic rings. The predicted octanol–water partition coefficient (Wildman–Crippen LogP) is 2.38. The van der Waals surface area contributed by atoms with Gasteiger partial charge in [-0.3, -0.25) is 14.4 Å². The van der Waals surface area contributed by atoms with E-state index in [1.807, 2.05) is 30.3 Å². The fraction of sp³-hybridized carbons (Fsp3) is 0.211. The average molecular weight is 322 g/mol. The molecule has 1 saturated heterocycles. The molecule has 24 heavy (non-hydrogen) atoms. The van der Waals surface area contributed by atoms with E-state index in [-0.39, 0.29) is 24.1 Å². The number of ketones is 1. The molecular formula is C19H18N2O3. The van der Waals surface area contributed by atoms with Gasteiger partial charge in [0.15, 0.2) is 5.78 Å². The van der Waals surface area contributed by atoms with Crippen LogP contribution in [0, 0.1) is 0 Å². The van der Waals surface area contributed by atoms with Crippen LogP contribution in [0.5, 0.6) is 0 Å². The highest BCUT2D eigenvalue weighted by molar-refractivity contribution is 6.08. The minimum absolute atomic E-state index is 0.0139. The Morgan fingerprint density at radius 1 is 0.875 bits per heavy atom. The van der Waals surface area contributed by atoms with Crippen LogP contribution in [0.25, 0.3) is 0 Å². The monoisotopic (exact) mass is 322 g/mol. The SMILES string of the molecule is CC(=O)c1ccccc1C(=O)N1CCN(c2ccccc2)C(=O)C1. The van der Waals surface area contributed by atoms with Crippen LogP contribution in [0.3, 0.4) is 0 Å². The standard InChI is InChI=1S/C19H18N2O3/c1-14(22)16-9-5-6-10-17(16)19(24)20-11-12-21(18(23)13-20)15-7-3-2-4-8-15/h2-10H,11-13H2,1H3. The maximum Gasteiger partial charge on any atom is 0.255 e. The van der Waals surface area contributed by atoms with Gasteiger partial charge in [-0.25, -0.2) is 0 Å². The minimum atomic E-state index is -0.276. The van der Waals surface area contributed by atoms with Gasteiger partial charge in [-0.05, 0) is 25.1 Å². The number of hydrogen-bond acceptors (Lipinski definition) is 3. The van der Waals surface area contributed by atoms with Crippen LogP contribution < -0.4 is 4.90 Å². The van der Waals surface area contributed by atoms with Crippen molar-refractivity contribution in [1.29, 1.82) is 0 Å². The number of hydrogen-bond donors (Lipinski definition) is 0. The summed E-state index contributed by atoms with van der Waals surface area (Å²) in [5.74, 6) is -0.559. The third-order valence-corrected chi connectivity index (χ3v) is 4.11. The molecule has 1 fully saturated rings. The van der Waals surface area contributed by atoms with Gasteiger partial charge in [0.05, 0.1) is 5.56 Å². The van der Waals surface area contributed by atoms with Crippen molar-refractivity contribution in [3.63, 3.8) is 0 Å². The molecule has 0 unspecified atom stereocenters. The summed E-state index contributed by atoms with van der Waals surface area (Å²) in [4.78, 5) is 40.0. The van der Waals surface area contributed by atoms with Crippen LogP contribution >= 0.6 is 0 Å². The lowest BCUT2D eigenvalue weighted by molar-refractivity contribution is -0.120. The van der Waals surface area contributed by atoms with Crippen LogP contribution in [-0.4, -0.2) is 42.1 Å². The number of Topliss-reactive ketones (excluding diaryl/α,β-unsaturated/α-hetero) is 1. The molecule has 0 radical (unpaired) electrons. The zero-order valence-corrected chi connectivity index (χ0v) is 13.4. The van der Waals surface area contributed by atoms with Gasteiger partial charge in [-0.2, -0.15) is 0 Å². The van der Waals surface area contributed by atoms with Gasteiger partial charge in [0, 0.05) is 24.3 Å². The molecule has 2 aromatic rings. The molecule has 0 atom stereocenters. The van der Waals surface area contributed by atoms with Gasteiger partial charge in [0.2, 0.25) is 5.91 Å². The molecule has 1 heterocycles. The lowest BCUT2D eigenvalue weighted by atomic mass is 10.0. The van der Waals surface area contributed by atoms with E-state index < -0.39 is 0 Å². The first kappa shape index (κ1) is 15.9. The second-order valence-electron chi connectivity index (χ2n) is 5.71. The highest BCUT2D eigenvalue weighted by Crippen LogP contribution is 2.19. The van der Waals surface area contributed by atoms with Crippen molar-refractivity contribution in [3.8, 4) is 0 Å². The average Bonchev–Trinajstić information content (AvgIpc) is 2.61. The Hall–Kier alpha value is -2.95. The molecular weight excluding hydrogens is 304 g/mol. The van der Waals surface area contributed by atoms with Crippen LogP contribution in [-0.2, 0) is 4.79 Å². The van der Waals surface area contributed by atoms with E-state index in [0.29, 0.717) is 24.2 Å². The summed E-state index contributed by atoms with van der Waals surface area (Å²) < 4.78 is 0. The van der Waals surface area contributed by atoms with Crippen molar-refractivity contribution in [2.75, 3.05) is 24.5 Å². The second kappa shape index (κ2) is 6.66. The van der Waals surface area contributed by atoms with E-state index in [0.717, 1.165) is 5.69 Å². The summed E-state index contributed by atoms with van der Waals surface area (Å²) in [6.45, 7) is 2.33. The molecule has 0 aliphatic carbocycles. The Bertz CT molecular complexity index is 786. The Kier molecular flexibility index (Phi) is 4.42. The zero-order chi connectivity index (χ0) is 17.1. The molecule has 1 aliphatic heterocycles. The maximum atomic E-state index is 12.7. The molecule has 5 nitrogen and oxygen atoms in total. The highest BCUT2D eigenvalue weighted by atomic mass is 16.2.